The molecule has 1 unspecified atom stereocenters. The van der Waals surface area contributed by atoms with Gasteiger partial charge in [0.15, 0.2) is 0 Å². The average Bonchev–Trinajstić information content (AvgIpc) is 3.00. The largest absolute Gasteiger partial charge is 0.363 e. The van der Waals surface area contributed by atoms with Crippen molar-refractivity contribution in [1.29, 1.82) is 0 Å². The Morgan fingerprint density at radius 3 is 3.18 bits per heavy atom. The first-order valence-electron chi connectivity index (χ1n) is 5.42. The van der Waals surface area contributed by atoms with E-state index in [9.17, 15) is 0 Å². The fourth-order valence-electron chi connectivity index (χ4n) is 1.80. The van der Waals surface area contributed by atoms with Gasteiger partial charge >= 0.3 is 0 Å². The van der Waals surface area contributed by atoms with Gasteiger partial charge in [0.2, 0.25) is 0 Å². The van der Waals surface area contributed by atoms with E-state index in [0.717, 1.165) is 11.4 Å². The molecule has 0 spiro atoms. The summed E-state index contributed by atoms with van der Waals surface area (Å²) in [5.74, 6) is 0.928. The second-order valence-electron chi connectivity index (χ2n) is 3.89. The van der Waals surface area contributed by atoms with Crippen LogP contribution in [-0.2, 0) is 0 Å². The maximum atomic E-state index is 4.39. The molecular formula is C12H12N4S. The third kappa shape index (κ3) is 1.89. The molecule has 1 atom stereocenters. The zero-order chi connectivity index (χ0) is 11.7. The van der Waals surface area contributed by atoms with Gasteiger partial charge in [-0.2, -0.15) is 5.10 Å². The molecule has 0 fully saturated rings. The number of rotatable bonds is 3. The zero-order valence-corrected chi connectivity index (χ0v) is 10.2. The monoisotopic (exact) mass is 244 g/mol. The minimum Gasteiger partial charge on any atom is -0.363 e. The van der Waals surface area contributed by atoms with Gasteiger partial charge in [0.1, 0.15) is 5.82 Å². The first-order chi connectivity index (χ1) is 8.34. The Balaban J connectivity index is 1.92. The number of thiophene rings is 1. The highest BCUT2D eigenvalue weighted by Gasteiger charge is 2.09. The molecule has 0 aliphatic carbocycles. The fourth-order valence-corrected chi connectivity index (χ4v) is 2.58. The summed E-state index contributed by atoms with van der Waals surface area (Å²) < 4.78 is 1.25. The quantitative estimate of drug-likeness (QED) is 0.744. The third-order valence-corrected chi connectivity index (χ3v) is 3.63. The summed E-state index contributed by atoms with van der Waals surface area (Å²) >= 11 is 1.73. The number of nitrogens with zero attached hydrogens (tertiary/aromatic N) is 2. The summed E-state index contributed by atoms with van der Waals surface area (Å²) in [4.78, 5) is 4.39. The van der Waals surface area contributed by atoms with Gasteiger partial charge in [-0.1, -0.05) is 0 Å². The Kier molecular flexibility index (Phi) is 2.53. The van der Waals surface area contributed by atoms with Crippen molar-refractivity contribution in [2.75, 3.05) is 5.32 Å². The molecule has 3 heterocycles. The van der Waals surface area contributed by atoms with Crippen LogP contribution in [0.1, 0.15) is 18.5 Å². The molecule has 3 aromatic rings. The first kappa shape index (κ1) is 10.3. The lowest BCUT2D eigenvalue weighted by Gasteiger charge is -2.13. The highest BCUT2D eigenvalue weighted by Crippen LogP contribution is 2.28. The average molecular weight is 244 g/mol. The predicted molar refractivity (Wildman–Crippen MR) is 70.2 cm³/mol. The molecule has 0 bridgehead atoms. The van der Waals surface area contributed by atoms with E-state index in [1.165, 1.54) is 10.1 Å². The van der Waals surface area contributed by atoms with Crippen molar-refractivity contribution in [3.8, 4) is 0 Å². The predicted octanol–water partition coefficient (Wildman–Crippen LogP) is 3.19. The number of H-pyrrole nitrogens is 1. The van der Waals surface area contributed by atoms with Crippen LogP contribution in [0.15, 0.2) is 36.1 Å². The van der Waals surface area contributed by atoms with E-state index in [0.29, 0.717) is 0 Å². The van der Waals surface area contributed by atoms with Crippen molar-refractivity contribution < 1.29 is 0 Å². The molecule has 0 amide bonds. The summed E-state index contributed by atoms with van der Waals surface area (Å²) in [6, 6.07) is 4.32. The van der Waals surface area contributed by atoms with Crippen LogP contribution in [-0.4, -0.2) is 15.2 Å². The van der Waals surface area contributed by atoms with E-state index < -0.39 is 0 Å². The Hall–Kier alpha value is -1.88. The second kappa shape index (κ2) is 4.18. The van der Waals surface area contributed by atoms with Gasteiger partial charge < -0.3 is 5.32 Å². The molecule has 17 heavy (non-hydrogen) atoms. The van der Waals surface area contributed by atoms with Crippen LogP contribution in [0.2, 0.25) is 0 Å². The SMILES string of the molecule is CC(Nc1nccc2sccc12)c1cn[nH]c1. The number of nitrogens with one attached hydrogen (secondary N) is 2. The van der Waals surface area contributed by atoms with Crippen molar-refractivity contribution in [2.45, 2.75) is 13.0 Å². The number of aromatic amines is 1. The van der Waals surface area contributed by atoms with Crippen LogP contribution in [0.3, 0.4) is 0 Å². The molecule has 0 saturated carbocycles. The first-order valence-corrected chi connectivity index (χ1v) is 6.30. The lowest BCUT2D eigenvalue weighted by Crippen LogP contribution is -2.07. The van der Waals surface area contributed by atoms with Gasteiger partial charge in [-0.3, -0.25) is 5.10 Å². The maximum Gasteiger partial charge on any atom is 0.135 e. The maximum absolute atomic E-state index is 4.39. The van der Waals surface area contributed by atoms with Crippen LogP contribution >= 0.6 is 11.3 Å². The summed E-state index contributed by atoms with van der Waals surface area (Å²) in [6.07, 6.45) is 5.56. The molecular weight excluding hydrogens is 232 g/mol. The third-order valence-electron chi connectivity index (χ3n) is 2.75. The number of hydrogen-bond donors (Lipinski definition) is 2. The van der Waals surface area contributed by atoms with Crippen molar-refractivity contribution in [2.24, 2.45) is 0 Å². The highest BCUT2D eigenvalue weighted by molar-refractivity contribution is 7.17. The van der Waals surface area contributed by atoms with Gasteiger partial charge in [0, 0.05) is 28.0 Å². The molecule has 3 aromatic heterocycles. The molecule has 2 N–H and O–H groups in total. The van der Waals surface area contributed by atoms with Crippen molar-refractivity contribution in [3.05, 3.63) is 41.7 Å². The van der Waals surface area contributed by atoms with E-state index in [-0.39, 0.29) is 6.04 Å². The number of fused-ring (bicyclic) bond motifs is 1. The van der Waals surface area contributed by atoms with E-state index in [4.69, 9.17) is 0 Å². The Morgan fingerprint density at radius 1 is 1.41 bits per heavy atom. The van der Waals surface area contributed by atoms with E-state index in [1.807, 2.05) is 24.7 Å². The van der Waals surface area contributed by atoms with E-state index in [2.05, 4.69) is 38.9 Å². The molecule has 0 saturated heterocycles. The van der Waals surface area contributed by atoms with Crippen molar-refractivity contribution in [3.63, 3.8) is 0 Å². The smallest absolute Gasteiger partial charge is 0.135 e. The van der Waals surface area contributed by atoms with E-state index >= 15 is 0 Å². The molecule has 3 rings (SSSR count). The zero-order valence-electron chi connectivity index (χ0n) is 9.34. The Labute approximate surface area is 103 Å². The summed E-state index contributed by atoms with van der Waals surface area (Å²) in [5, 5.41) is 13.4. The summed E-state index contributed by atoms with van der Waals surface area (Å²) in [5.41, 5.74) is 1.12. The van der Waals surface area contributed by atoms with Gasteiger partial charge in [-0.05, 0) is 24.4 Å². The number of hydrogen-bond acceptors (Lipinski definition) is 4. The highest BCUT2D eigenvalue weighted by atomic mass is 32.1. The Bertz CT molecular complexity index is 614. The van der Waals surface area contributed by atoms with Gasteiger partial charge in [-0.25, -0.2) is 4.98 Å². The fraction of sp³-hybridized carbons (Fsp3) is 0.167. The Morgan fingerprint density at radius 2 is 2.35 bits per heavy atom. The van der Waals surface area contributed by atoms with Gasteiger partial charge in [0.05, 0.1) is 12.2 Å². The summed E-state index contributed by atoms with van der Waals surface area (Å²) in [6.45, 7) is 2.09. The van der Waals surface area contributed by atoms with Crippen LogP contribution < -0.4 is 5.32 Å². The molecule has 4 nitrogen and oxygen atoms in total. The molecule has 0 aliphatic rings. The number of pyridine rings is 1. The van der Waals surface area contributed by atoms with Crippen molar-refractivity contribution >= 4 is 27.2 Å². The molecule has 0 radical (unpaired) electrons. The van der Waals surface area contributed by atoms with E-state index in [1.54, 1.807) is 11.3 Å². The van der Waals surface area contributed by atoms with Crippen LogP contribution in [0.5, 0.6) is 0 Å². The minimum absolute atomic E-state index is 0.187. The standard InChI is InChI=1S/C12H12N4S/c1-8(9-6-14-15-7-9)16-12-10-3-5-17-11(10)2-4-13-12/h2-8H,1H3,(H,13,16)(H,14,15). The summed E-state index contributed by atoms with van der Waals surface area (Å²) in [7, 11) is 0. The normalized spacial score (nSPS) is 12.8. The molecule has 86 valence electrons. The molecule has 5 heteroatoms. The minimum atomic E-state index is 0.187. The van der Waals surface area contributed by atoms with Crippen LogP contribution in [0, 0.1) is 0 Å². The van der Waals surface area contributed by atoms with Gasteiger partial charge in [0.25, 0.3) is 0 Å². The van der Waals surface area contributed by atoms with Gasteiger partial charge in [-0.15, -0.1) is 11.3 Å². The second-order valence-corrected chi connectivity index (χ2v) is 4.84. The van der Waals surface area contributed by atoms with Crippen LogP contribution in [0.4, 0.5) is 5.82 Å². The molecule has 0 aromatic carbocycles. The topological polar surface area (TPSA) is 53.6 Å². The molecule has 0 aliphatic heterocycles. The lowest BCUT2D eigenvalue weighted by atomic mass is 10.2. The number of aromatic nitrogens is 3. The lowest BCUT2D eigenvalue weighted by molar-refractivity contribution is 0.879. The van der Waals surface area contributed by atoms with Crippen LogP contribution in [0.25, 0.3) is 10.1 Å². The number of anilines is 1. The van der Waals surface area contributed by atoms with Crippen molar-refractivity contribution in [1.82, 2.24) is 15.2 Å².